The van der Waals surface area contributed by atoms with Gasteiger partial charge in [0.25, 0.3) is 6.43 Å². The number of nitrogen functional groups attached to an aromatic ring is 1. The van der Waals surface area contributed by atoms with Gasteiger partial charge in [0.15, 0.2) is 0 Å². The average Bonchev–Trinajstić information content (AvgIpc) is 1.96. The summed E-state index contributed by atoms with van der Waals surface area (Å²) in [4.78, 5) is 12.7. The smallest absolute Gasteiger partial charge is 0.265 e. The van der Waals surface area contributed by atoms with Crippen LogP contribution in [-0.4, -0.2) is 4.98 Å². The van der Waals surface area contributed by atoms with Crippen molar-refractivity contribution in [3.05, 3.63) is 27.0 Å². The summed E-state index contributed by atoms with van der Waals surface area (Å²) < 4.78 is 24.2. The fourth-order valence-electron chi connectivity index (χ4n) is 0.743. The molecule has 0 spiro atoms. The molecule has 3 N–H and O–H groups in total. The standard InChI is InChI=1S/C6H5ClF2N2O/c7-4-2(5(8)9)1-3(12)11-6(4)10/h1,5H,(H3,10,11,12). The molecule has 0 aliphatic carbocycles. The lowest BCUT2D eigenvalue weighted by Gasteiger charge is -2.03. The molecule has 0 fully saturated rings. The lowest BCUT2D eigenvalue weighted by atomic mass is 10.2. The van der Waals surface area contributed by atoms with E-state index in [0.29, 0.717) is 0 Å². The van der Waals surface area contributed by atoms with E-state index in [2.05, 4.69) is 4.98 Å². The largest absolute Gasteiger partial charge is 0.384 e. The van der Waals surface area contributed by atoms with Gasteiger partial charge in [0.05, 0.1) is 5.02 Å². The van der Waals surface area contributed by atoms with Crippen LogP contribution < -0.4 is 11.3 Å². The molecule has 1 rings (SSSR count). The van der Waals surface area contributed by atoms with Gasteiger partial charge in [0.1, 0.15) is 5.82 Å². The van der Waals surface area contributed by atoms with Crippen molar-refractivity contribution < 1.29 is 8.78 Å². The molecular weight excluding hydrogens is 190 g/mol. The van der Waals surface area contributed by atoms with Crippen LogP contribution in [0.25, 0.3) is 0 Å². The Balaban J connectivity index is 3.38. The van der Waals surface area contributed by atoms with E-state index in [9.17, 15) is 13.6 Å². The first-order chi connectivity index (χ1) is 5.52. The molecule has 66 valence electrons. The number of rotatable bonds is 1. The third-order valence-corrected chi connectivity index (χ3v) is 1.69. The number of alkyl halides is 2. The minimum atomic E-state index is -2.79. The number of H-pyrrole nitrogens is 1. The van der Waals surface area contributed by atoms with Crippen LogP contribution in [0.2, 0.25) is 5.02 Å². The quantitative estimate of drug-likeness (QED) is 0.713. The summed E-state index contributed by atoms with van der Waals surface area (Å²) in [5, 5.41) is -0.301. The molecule has 1 aromatic rings. The van der Waals surface area contributed by atoms with Gasteiger partial charge in [-0.3, -0.25) is 4.79 Å². The Labute approximate surface area is 71.2 Å². The van der Waals surface area contributed by atoms with E-state index in [4.69, 9.17) is 17.3 Å². The molecule has 0 unspecified atom stereocenters. The minimum Gasteiger partial charge on any atom is -0.384 e. The van der Waals surface area contributed by atoms with Crippen LogP contribution in [0.15, 0.2) is 10.9 Å². The number of halogens is 3. The summed E-state index contributed by atoms with van der Waals surface area (Å²) in [5.41, 5.74) is 3.91. The highest BCUT2D eigenvalue weighted by molar-refractivity contribution is 6.33. The van der Waals surface area contributed by atoms with Gasteiger partial charge >= 0.3 is 0 Å². The van der Waals surface area contributed by atoms with Gasteiger partial charge < -0.3 is 10.7 Å². The maximum Gasteiger partial charge on any atom is 0.265 e. The second kappa shape index (κ2) is 3.10. The molecule has 6 heteroatoms. The van der Waals surface area contributed by atoms with Crippen molar-refractivity contribution in [1.29, 1.82) is 0 Å². The molecule has 0 aliphatic heterocycles. The van der Waals surface area contributed by atoms with E-state index >= 15 is 0 Å². The predicted molar refractivity (Wildman–Crippen MR) is 41.4 cm³/mol. The van der Waals surface area contributed by atoms with Gasteiger partial charge in [-0.2, -0.15) is 0 Å². The molecule has 0 aromatic carbocycles. The van der Waals surface area contributed by atoms with Gasteiger partial charge in [-0.1, -0.05) is 11.6 Å². The summed E-state index contributed by atoms with van der Waals surface area (Å²) in [6.07, 6.45) is -2.79. The summed E-state index contributed by atoms with van der Waals surface area (Å²) in [7, 11) is 0. The summed E-state index contributed by atoms with van der Waals surface area (Å²) >= 11 is 5.39. The summed E-state index contributed by atoms with van der Waals surface area (Å²) in [5.74, 6) is -0.237. The van der Waals surface area contributed by atoms with Gasteiger partial charge in [-0.25, -0.2) is 8.78 Å². The zero-order chi connectivity index (χ0) is 9.30. The minimum absolute atomic E-state index is 0.237. The van der Waals surface area contributed by atoms with Crippen LogP contribution in [0.3, 0.4) is 0 Å². The van der Waals surface area contributed by atoms with E-state index in [1.54, 1.807) is 0 Å². The molecule has 0 aliphatic rings. The van der Waals surface area contributed by atoms with Crippen LogP contribution in [0.1, 0.15) is 12.0 Å². The molecule has 0 atom stereocenters. The monoisotopic (exact) mass is 194 g/mol. The van der Waals surface area contributed by atoms with Crippen molar-refractivity contribution in [3.8, 4) is 0 Å². The number of nitrogens with one attached hydrogen (secondary N) is 1. The predicted octanol–water partition coefficient (Wildman–Crippen LogP) is 1.55. The van der Waals surface area contributed by atoms with Crippen molar-refractivity contribution in [1.82, 2.24) is 4.98 Å². The Hall–Kier alpha value is -1.10. The van der Waals surface area contributed by atoms with Crippen LogP contribution in [0, 0.1) is 0 Å². The van der Waals surface area contributed by atoms with Crippen LogP contribution in [0.4, 0.5) is 14.6 Å². The topological polar surface area (TPSA) is 58.9 Å². The Morgan fingerprint density at radius 2 is 2.17 bits per heavy atom. The Bertz CT molecular complexity index is 350. The maximum atomic E-state index is 12.1. The van der Waals surface area contributed by atoms with E-state index < -0.39 is 17.5 Å². The molecule has 0 amide bonds. The second-order valence-corrected chi connectivity index (χ2v) is 2.50. The fourth-order valence-corrected chi connectivity index (χ4v) is 0.927. The normalized spacial score (nSPS) is 10.7. The van der Waals surface area contributed by atoms with Crippen molar-refractivity contribution >= 4 is 17.4 Å². The lowest BCUT2D eigenvalue weighted by Crippen LogP contribution is -2.10. The van der Waals surface area contributed by atoms with Gasteiger partial charge in [0, 0.05) is 11.6 Å². The lowest BCUT2D eigenvalue weighted by molar-refractivity contribution is 0.151. The molecule has 12 heavy (non-hydrogen) atoms. The fraction of sp³-hybridized carbons (Fsp3) is 0.167. The first-order valence-corrected chi connectivity index (χ1v) is 3.36. The molecule has 0 saturated heterocycles. The zero-order valence-electron chi connectivity index (χ0n) is 5.77. The van der Waals surface area contributed by atoms with Crippen molar-refractivity contribution in [2.45, 2.75) is 6.43 Å². The highest BCUT2D eigenvalue weighted by atomic mass is 35.5. The van der Waals surface area contributed by atoms with E-state index in [1.807, 2.05) is 0 Å². The highest BCUT2D eigenvalue weighted by Gasteiger charge is 2.14. The van der Waals surface area contributed by atoms with Crippen molar-refractivity contribution in [3.63, 3.8) is 0 Å². The molecular formula is C6H5ClF2N2O. The van der Waals surface area contributed by atoms with Crippen molar-refractivity contribution in [2.75, 3.05) is 5.73 Å². The van der Waals surface area contributed by atoms with Crippen LogP contribution >= 0.6 is 11.6 Å². The average molecular weight is 195 g/mol. The van der Waals surface area contributed by atoms with Gasteiger partial charge in [-0.15, -0.1) is 0 Å². The Morgan fingerprint density at radius 1 is 1.58 bits per heavy atom. The first kappa shape index (κ1) is 8.99. The SMILES string of the molecule is Nc1[nH]c(=O)cc(C(F)F)c1Cl. The molecule has 0 bridgehead atoms. The van der Waals surface area contributed by atoms with E-state index in [0.717, 1.165) is 6.07 Å². The van der Waals surface area contributed by atoms with Crippen molar-refractivity contribution in [2.24, 2.45) is 0 Å². The van der Waals surface area contributed by atoms with Gasteiger partial charge in [-0.05, 0) is 0 Å². The third kappa shape index (κ3) is 1.55. The van der Waals surface area contributed by atoms with E-state index in [-0.39, 0.29) is 10.8 Å². The summed E-state index contributed by atoms with van der Waals surface area (Å²) in [6, 6.07) is 0.726. The summed E-state index contributed by atoms with van der Waals surface area (Å²) in [6.45, 7) is 0. The first-order valence-electron chi connectivity index (χ1n) is 2.98. The van der Waals surface area contributed by atoms with Crippen LogP contribution in [-0.2, 0) is 0 Å². The second-order valence-electron chi connectivity index (χ2n) is 2.12. The molecule has 1 aromatic heterocycles. The Morgan fingerprint density at radius 3 is 2.67 bits per heavy atom. The molecule has 3 nitrogen and oxygen atoms in total. The van der Waals surface area contributed by atoms with Gasteiger partial charge in [0.2, 0.25) is 5.56 Å². The molecule has 0 radical (unpaired) electrons. The number of hydrogen-bond donors (Lipinski definition) is 2. The number of nitrogens with two attached hydrogens (primary N) is 1. The number of pyridine rings is 1. The van der Waals surface area contributed by atoms with Crippen LogP contribution in [0.5, 0.6) is 0 Å². The Kier molecular flexibility index (Phi) is 2.32. The molecule has 1 heterocycles. The maximum absolute atomic E-state index is 12.1. The third-order valence-electron chi connectivity index (χ3n) is 1.27. The zero-order valence-corrected chi connectivity index (χ0v) is 6.53. The number of aromatic nitrogens is 1. The number of anilines is 1. The van der Waals surface area contributed by atoms with E-state index in [1.165, 1.54) is 0 Å². The number of aromatic amines is 1. The highest BCUT2D eigenvalue weighted by Crippen LogP contribution is 2.28. The molecule has 0 saturated carbocycles. The number of hydrogen-bond acceptors (Lipinski definition) is 2.